The molecule has 0 radical (unpaired) electrons. The zero-order chi connectivity index (χ0) is 71.5. The molecular weight excluding hydrogens is 1490 g/mol. The molecule has 7 heterocycles. The highest BCUT2D eigenvalue weighted by Gasteiger charge is 2.24. The number of rotatable bonds is 53. The summed E-state index contributed by atoms with van der Waals surface area (Å²) in [5.41, 5.74) is 10.3. The second-order valence-electron chi connectivity index (χ2n) is 29.9. The standard InChI is InChI=1S/C95H125IS7/c1-6-10-14-18-22-26-30-34-38-42-50-73-66-68-97-92(73)72(5)58-59-81(96)82-60-63-86(99-82)94-75(52-44-40-36-32-28-24-20-16-12-8-3)70-88(102-94)90-77-54-46-48-56-79(77)91(80-57-49-47-55-78(80)90)89-71-76(53-45-41-37-33-29-25-21-17-13-9-4)95(103-89)87-65-62-84(101-87)83-61-64-85(100-83)93-74(67-69-98-93)51-43-39-35-31-27-23-19-15-11-7-2/h46-49,54-71H,6-45,50-53H2,1-5H3/b72-58+,81-59-. The Bertz CT molecular complexity index is 4020. The van der Waals surface area contributed by atoms with Crippen LogP contribution in [0.1, 0.15) is 323 Å². The maximum Gasteiger partial charge on any atom is 0.0481 e. The second kappa shape index (κ2) is 46.6. The molecule has 0 aliphatic carbocycles. The molecule has 0 nitrogen and oxygen atoms in total. The molecule has 0 bridgehead atoms. The van der Waals surface area contributed by atoms with Crippen molar-refractivity contribution in [2.24, 2.45) is 0 Å². The molecule has 554 valence electrons. The van der Waals surface area contributed by atoms with Crippen LogP contribution in [0, 0.1) is 0 Å². The zero-order valence-electron chi connectivity index (χ0n) is 64.1. The van der Waals surface area contributed by atoms with Gasteiger partial charge in [-0.2, -0.15) is 0 Å². The van der Waals surface area contributed by atoms with Gasteiger partial charge in [-0.05, 0) is 208 Å². The molecule has 0 unspecified atom stereocenters. The smallest absolute Gasteiger partial charge is 0.0481 e. The van der Waals surface area contributed by atoms with E-state index in [1.54, 1.807) is 5.56 Å². The van der Waals surface area contributed by atoms with E-state index in [-0.39, 0.29) is 0 Å². The maximum absolute atomic E-state index is 2.64. The quantitative estimate of drug-likeness (QED) is 0.0154. The van der Waals surface area contributed by atoms with Crippen LogP contribution in [0.2, 0.25) is 0 Å². The van der Waals surface area contributed by atoms with Crippen LogP contribution in [0.15, 0.2) is 132 Å². The molecule has 0 aliphatic rings. The van der Waals surface area contributed by atoms with Crippen LogP contribution in [0.4, 0.5) is 0 Å². The molecule has 0 amide bonds. The van der Waals surface area contributed by atoms with Crippen molar-refractivity contribution in [3.05, 3.63) is 164 Å². The first-order chi connectivity index (χ1) is 50.9. The SMILES string of the molecule is CCCCCCCCCCCCc1ccsc1/C(C)=C/C=C(\I)c1ccc(-c2sc(-c3c4ccccc4c(-c4cc(CCCCCCCCCCCC)c(-c5ccc(-c6ccc(-c7sccc7CCCCCCCCCCCC)s6)s5)s4)c4ccccc34)cc2CCCCCCCCCCCC)s1. The summed E-state index contributed by atoms with van der Waals surface area (Å²) in [6, 6.07) is 43.7. The third-order valence-electron chi connectivity index (χ3n) is 21.5. The van der Waals surface area contributed by atoms with E-state index in [9.17, 15) is 0 Å². The first kappa shape index (κ1) is 81.8. The molecule has 8 heteroatoms. The van der Waals surface area contributed by atoms with Crippen molar-refractivity contribution in [3.63, 3.8) is 0 Å². The van der Waals surface area contributed by atoms with Crippen LogP contribution >= 0.6 is 102 Å². The van der Waals surface area contributed by atoms with Crippen molar-refractivity contribution in [3.8, 4) is 59.9 Å². The average molecular weight is 1620 g/mol. The molecule has 0 N–H and O–H groups in total. The molecule has 0 fully saturated rings. The van der Waals surface area contributed by atoms with E-state index in [1.165, 1.54) is 387 Å². The van der Waals surface area contributed by atoms with Crippen molar-refractivity contribution in [2.75, 3.05) is 0 Å². The summed E-state index contributed by atoms with van der Waals surface area (Å²) in [6.07, 6.45) is 64.2. The minimum atomic E-state index is 1.12. The van der Waals surface area contributed by atoms with E-state index < -0.39 is 0 Å². The predicted molar refractivity (Wildman–Crippen MR) is 483 cm³/mol. The highest BCUT2D eigenvalue weighted by atomic mass is 127. The van der Waals surface area contributed by atoms with Gasteiger partial charge >= 0.3 is 0 Å². The normalized spacial score (nSPS) is 12.3. The lowest BCUT2D eigenvalue weighted by Crippen LogP contribution is -1.89. The molecule has 10 aromatic rings. The van der Waals surface area contributed by atoms with Gasteiger partial charge in [-0.15, -0.1) is 79.4 Å². The summed E-state index contributed by atoms with van der Waals surface area (Å²) >= 11 is 16.6. The minimum Gasteiger partial charge on any atom is -0.144 e. The molecule has 0 spiro atoms. The van der Waals surface area contributed by atoms with Gasteiger partial charge in [0.15, 0.2) is 0 Å². The van der Waals surface area contributed by atoms with E-state index in [2.05, 4.69) is 212 Å². The van der Waals surface area contributed by atoms with Crippen LogP contribution < -0.4 is 0 Å². The van der Waals surface area contributed by atoms with E-state index in [4.69, 9.17) is 0 Å². The fourth-order valence-electron chi connectivity index (χ4n) is 15.5. The van der Waals surface area contributed by atoms with Crippen LogP contribution in [0.3, 0.4) is 0 Å². The highest BCUT2D eigenvalue weighted by Crippen LogP contribution is 2.53. The lowest BCUT2D eigenvalue weighted by Gasteiger charge is -2.15. The number of hydrogen-bond acceptors (Lipinski definition) is 7. The number of benzene rings is 3. The molecule has 0 saturated carbocycles. The molecule has 7 aromatic heterocycles. The molecular formula is C95H125IS7. The Morgan fingerprint density at radius 3 is 1.02 bits per heavy atom. The summed E-state index contributed by atoms with van der Waals surface area (Å²) in [7, 11) is 0. The number of aryl methyl sites for hydroxylation is 4. The van der Waals surface area contributed by atoms with E-state index in [1.807, 2.05) is 56.7 Å². The number of allylic oxidation sites excluding steroid dienone is 3. The summed E-state index contributed by atoms with van der Waals surface area (Å²) in [5, 5.41) is 10.1. The van der Waals surface area contributed by atoms with Gasteiger partial charge in [0.05, 0.1) is 0 Å². The largest absolute Gasteiger partial charge is 0.144 e. The molecule has 0 atom stereocenters. The number of halogens is 1. The number of unbranched alkanes of at least 4 members (excludes halogenated alkanes) is 36. The van der Waals surface area contributed by atoms with Crippen LogP contribution in [0.25, 0.3) is 90.6 Å². The molecule has 0 saturated heterocycles. The van der Waals surface area contributed by atoms with Gasteiger partial charge in [0.25, 0.3) is 0 Å². The summed E-state index contributed by atoms with van der Waals surface area (Å²) in [5.74, 6) is 0. The maximum atomic E-state index is 2.64. The average Bonchev–Trinajstić information content (AvgIpc) is 1.69. The monoisotopic (exact) mass is 1620 g/mol. The molecule has 103 heavy (non-hydrogen) atoms. The van der Waals surface area contributed by atoms with Crippen molar-refractivity contribution in [1.29, 1.82) is 0 Å². The fourth-order valence-corrected chi connectivity index (χ4v) is 24.2. The Balaban J connectivity index is 0.909. The third-order valence-corrected chi connectivity index (χ3v) is 31.3. The number of fused-ring (bicyclic) bond motifs is 2. The zero-order valence-corrected chi connectivity index (χ0v) is 71.9. The van der Waals surface area contributed by atoms with Crippen LogP contribution in [-0.4, -0.2) is 0 Å². The van der Waals surface area contributed by atoms with E-state index >= 15 is 0 Å². The van der Waals surface area contributed by atoms with Crippen LogP contribution in [0.5, 0.6) is 0 Å². The van der Waals surface area contributed by atoms with Gasteiger partial charge in [-0.1, -0.05) is 313 Å². The topological polar surface area (TPSA) is 0 Å². The Kier molecular flexibility index (Phi) is 37.0. The molecule has 0 aliphatic heterocycles. The third kappa shape index (κ3) is 25.2. The molecule has 3 aromatic carbocycles. The van der Waals surface area contributed by atoms with Crippen molar-refractivity contribution in [1.82, 2.24) is 0 Å². The van der Waals surface area contributed by atoms with Gasteiger partial charge < -0.3 is 0 Å². The number of thiophene rings is 7. The van der Waals surface area contributed by atoms with Gasteiger partial charge in [-0.25, -0.2) is 0 Å². The Labute approximate surface area is 667 Å². The van der Waals surface area contributed by atoms with Gasteiger partial charge in [0.2, 0.25) is 0 Å². The van der Waals surface area contributed by atoms with E-state index in [0.29, 0.717) is 0 Å². The van der Waals surface area contributed by atoms with Gasteiger partial charge in [0.1, 0.15) is 0 Å². The van der Waals surface area contributed by atoms with Crippen molar-refractivity contribution >= 4 is 133 Å². The predicted octanol–water partition coefficient (Wildman–Crippen LogP) is 36.2. The number of hydrogen-bond donors (Lipinski definition) is 0. The van der Waals surface area contributed by atoms with Gasteiger partial charge in [0, 0.05) is 73.2 Å². The lowest BCUT2D eigenvalue weighted by molar-refractivity contribution is 0.556. The van der Waals surface area contributed by atoms with Crippen molar-refractivity contribution in [2.45, 2.75) is 317 Å². The van der Waals surface area contributed by atoms with Gasteiger partial charge in [-0.3, -0.25) is 0 Å². The summed E-state index contributed by atoms with van der Waals surface area (Å²) < 4.78 is 1.32. The Hall–Kier alpha value is -3.71. The highest BCUT2D eigenvalue weighted by molar-refractivity contribution is 14.1. The summed E-state index contributed by atoms with van der Waals surface area (Å²) in [4.78, 5) is 17.1. The van der Waals surface area contributed by atoms with Crippen molar-refractivity contribution < 1.29 is 0 Å². The first-order valence-electron chi connectivity index (χ1n) is 41.5. The summed E-state index contributed by atoms with van der Waals surface area (Å²) in [6.45, 7) is 11.6. The lowest BCUT2D eigenvalue weighted by atomic mass is 9.90. The van der Waals surface area contributed by atoms with E-state index in [0.717, 1.165) is 12.8 Å². The van der Waals surface area contributed by atoms with Crippen LogP contribution in [-0.2, 0) is 25.7 Å². The molecule has 10 rings (SSSR count). The Morgan fingerprint density at radius 1 is 0.291 bits per heavy atom. The first-order valence-corrected chi connectivity index (χ1v) is 48.5. The fraction of sp³-hybridized carbons (Fsp3) is 0.516. The Morgan fingerprint density at radius 2 is 0.612 bits per heavy atom. The minimum absolute atomic E-state index is 1.12. The second-order valence-corrected chi connectivity index (χ2v) is 38.3.